The number of amides is 1. The van der Waals surface area contributed by atoms with Crippen molar-refractivity contribution >= 4 is 38.8 Å². The minimum atomic E-state index is -0.146. The Labute approximate surface area is 165 Å². The Kier molecular flexibility index (Phi) is 3.91. The second-order valence-electron chi connectivity index (χ2n) is 6.50. The SMILES string of the molecule is Cc1c(C(=O)Nc2cccc3cccnc23)sc2nc(-c3ccccc3)cn12. The number of nitrogens with zero attached hydrogens (tertiary/aromatic N) is 3. The van der Waals surface area contributed by atoms with E-state index < -0.39 is 0 Å². The van der Waals surface area contributed by atoms with Gasteiger partial charge in [-0.05, 0) is 19.1 Å². The first-order valence-corrected chi connectivity index (χ1v) is 9.71. The van der Waals surface area contributed by atoms with Crippen molar-refractivity contribution in [1.82, 2.24) is 14.4 Å². The molecule has 0 aliphatic carbocycles. The van der Waals surface area contributed by atoms with E-state index in [0.717, 1.165) is 32.8 Å². The molecular weight excluding hydrogens is 368 g/mol. The smallest absolute Gasteiger partial charge is 0.267 e. The van der Waals surface area contributed by atoms with E-state index in [1.807, 2.05) is 78.2 Å². The molecule has 0 bridgehead atoms. The summed E-state index contributed by atoms with van der Waals surface area (Å²) in [4.78, 5) is 23.5. The summed E-state index contributed by atoms with van der Waals surface area (Å²) < 4.78 is 1.98. The first kappa shape index (κ1) is 16.6. The maximum atomic E-state index is 12.9. The molecule has 3 aromatic heterocycles. The lowest BCUT2D eigenvalue weighted by Gasteiger charge is -2.07. The lowest BCUT2D eigenvalue weighted by Crippen LogP contribution is -2.12. The van der Waals surface area contributed by atoms with Gasteiger partial charge in [0.25, 0.3) is 5.91 Å². The number of fused-ring (bicyclic) bond motifs is 2. The van der Waals surface area contributed by atoms with Crippen LogP contribution in [-0.2, 0) is 0 Å². The third kappa shape index (κ3) is 2.75. The van der Waals surface area contributed by atoms with Crippen molar-refractivity contribution in [2.24, 2.45) is 0 Å². The van der Waals surface area contributed by atoms with Crippen LogP contribution < -0.4 is 5.32 Å². The highest BCUT2D eigenvalue weighted by atomic mass is 32.1. The number of thiazole rings is 1. The molecule has 28 heavy (non-hydrogen) atoms. The molecular formula is C22H16N4OS. The van der Waals surface area contributed by atoms with Gasteiger partial charge in [0, 0.05) is 29.0 Å². The van der Waals surface area contributed by atoms with Crippen LogP contribution in [0, 0.1) is 6.92 Å². The van der Waals surface area contributed by atoms with E-state index in [2.05, 4.69) is 10.3 Å². The van der Waals surface area contributed by atoms with Crippen LogP contribution in [-0.4, -0.2) is 20.3 Å². The number of aromatic nitrogens is 3. The first-order valence-electron chi connectivity index (χ1n) is 8.90. The van der Waals surface area contributed by atoms with Gasteiger partial charge in [-0.25, -0.2) is 4.98 Å². The van der Waals surface area contributed by atoms with Crippen LogP contribution in [0.3, 0.4) is 0 Å². The predicted octanol–water partition coefficient (Wildman–Crippen LogP) is 5.17. The Hall–Kier alpha value is -3.51. The summed E-state index contributed by atoms with van der Waals surface area (Å²) >= 11 is 1.39. The van der Waals surface area contributed by atoms with E-state index in [-0.39, 0.29) is 5.91 Å². The molecule has 3 heterocycles. The van der Waals surface area contributed by atoms with Gasteiger partial charge >= 0.3 is 0 Å². The number of rotatable bonds is 3. The zero-order valence-electron chi connectivity index (χ0n) is 15.1. The Morgan fingerprint density at radius 1 is 1.04 bits per heavy atom. The fraction of sp³-hybridized carbons (Fsp3) is 0.0455. The normalized spacial score (nSPS) is 11.2. The summed E-state index contributed by atoms with van der Waals surface area (Å²) in [5, 5.41) is 4.00. The molecule has 0 spiro atoms. The number of imidazole rings is 1. The summed E-state index contributed by atoms with van der Waals surface area (Å²) in [5.41, 5.74) is 4.33. The number of hydrogen-bond acceptors (Lipinski definition) is 4. The average Bonchev–Trinajstić information content (AvgIpc) is 3.29. The van der Waals surface area contributed by atoms with Crippen LogP contribution in [0.4, 0.5) is 5.69 Å². The van der Waals surface area contributed by atoms with Crippen molar-refractivity contribution in [3.63, 3.8) is 0 Å². The number of hydrogen-bond donors (Lipinski definition) is 1. The van der Waals surface area contributed by atoms with Crippen LogP contribution in [0.15, 0.2) is 73.1 Å². The Balaban J connectivity index is 1.50. The maximum Gasteiger partial charge on any atom is 0.267 e. The number of aryl methyl sites for hydroxylation is 1. The van der Waals surface area contributed by atoms with Gasteiger partial charge in [-0.15, -0.1) is 0 Å². The fourth-order valence-corrected chi connectivity index (χ4v) is 4.30. The van der Waals surface area contributed by atoms with Crippen LogP contribution >= 0.6 is 11.3 Å². The van der Waals surface area contributed by atoms with Crippen LogP contribution in [0.25, 0.3) is 27.1 Å². The number of pyridine rings is 1. The van der Waals surface area contributed by atoms with Crippen LogP contribution in [0.2, 0.25) is 0 Å². The fourth-order valence-electron chi connectivity index (χ4n) is 3.29. The summed E-state index contributed by atoms with van der Waals surface area (Å²) in [6.07, 6.45) is 3.71. The van der Waals surface area contributed by atoms with Crippen molar-refractivity contribution in [3.8, 4) is 11.3 Å². The molecule has 136 valence electrons. The molecule has 0 aliphatic rings. The molecule has 0 atom stereocenters. The average molecular weight is 384 g/mol. The zero-order chi connectivity index (χ0) is 19.1. The maximum absolute atomic E-state index is 12.9. The number of nitrogens with one attached hydrogen (secondary N) is 1. The van der Waals surface area contributed by atoms with Gasteiger partial charge in [0.15, 0.2) is 4.96 Å². The number of carbonyl (C=O) groups is 1. The predicted molar refractivity (Wildman–Crippen MR) is 113 cm³/mol. The topological polar surface area (TPSA) is 59.3 Å². The standard InChI is InChI=1S/C22H16N4OS/c1-14-20(21(27)24-17-11-5-9-16-10-6-12-23-19(16)17)28-22-25-18(13-26(14)22)15-7-3-2-4-8-15/h2-13H,1H3,(H,24,27). The molecule has 0 saturated heterocycles. The highest BCUT2D eigenvalue weighted by Gasteiger charge is 2.19. The second kappa shape index (κ2) is 6.58. The third-order valence-corrected chi connectivity index (χ3v) is 5.87. The molecule has 0 unspecified atom stereocenters. The van der Waals surface area contributed by atoms with Gasteiger partial charge in [0.05, 0.1) is 16.9 Å². The van der Waals surface area contributed by atoms with E-state index in [1.165, 1.54) is 11.3 Å². The van der Waals surface area contributed by atoms with Crippen molar-refractivity contribution in [3.05, 3.63) is 83.6 Å². The summed E-state index contributed by atoms with van der Waals surface area (Å²) in [7, 11) is 0. The number of benzene rings is 2. The van der Waals surface area contributed by atoms with E-state index in [4.69, 9.17) is 4.98 Å². The monoisotopic (exact) mass is 384 g/mol. The number of para-hydroxylation sites is 1. The van der Waals surface area contributed by atoms with E-state index in [1.54, 1.807) is 6.20 Å². The summed E-state index contributed by atoms with van der Waals surface area (Å²) in [5.74, 6) is -0.146. The van der Waals surface area contributed by atoms with E-state index >= 15 is 0 Å². The Morgan fingerprint density at radius 3 is 2.68 bits per heavy atom. The minimum absolute atomic E-state index is 0.146. The highest BCUT2D eigenvalue weighted by Crippen LogP contribution is 2.28. The lowest BCUT2D eigenvalue weighted by molar-refractivity contribution is 0.103. The van der Waals surface area contributed by atoms with E-state index in [0.29, 0.717) is 10.6 Å². The van der Waals surface area contributed by atoms with Crippen molar-refractivity contribution in [2.45, 2.75) is 6.92 Å². The van der Waals surface area contributed by atoms with Crippen LogP contribution in [0.5, 0.6) is 0 Å². The van der Waals surface area contributed by atoms with Crippen molar-refractivity contribution in [2.75, 3.05) is 5.32 Å². The quantitative estimate of drug-likeness (QED) is 0.467. The molecule has 2 aromatic carbocycles. The molecule has 1 N–H and O–H groups in total. The minimum Gasteiger partial charge on any atom is -0.319 e. The van der Waals surface area contributed by atoms with Crippen molar-refractivity contribution in [1.29, 1.82) is 0 Å². The Morgan fingerprint density at radius 2 is 1.86 bits per heavy atom. The first-order chi connectivity index (χ1) is 13.7. The zero-order valence-corrected chi connectivity index (χ0v) is 15.9. The molecule has 6 heteroatoms. The lowest BCUT2D eigenvalue weighted by atomic mass is 10.2. The molecule has 5 rings (SSSR count). The molecule has 0 radical (unpaired) electrons. The molecule has 0 fully saturated rings. The number of carbonyl (C=O) groups excluding carboxylic acids is 1. The van der Waals surface area contributed by atoms with Gasteiger partial charge < -0.3 is 5.32 Å². The van der Waals surface area contributed by atoms with Gasteiger partial charge in [0.1, 0.15) is 4.88 Å². The molecule has 0 saturated carbocycles. The second-order valence-corrected chi connectivity index (χ2v) is 7.47. The molecule has 5 nitrogen and oxygen atoms in total. The van der Waals surface area contributed by atoms with Crippen molar-refractivity contribution < 1.29 is 4.79 Å². The van der Waals surface area contributed by atoms with Gasteiger partial charge in [-0.3, -0.25) is 14.2 Å². The van der Waals surface area contributed by atoms with Gasteiger partial charge in [-0.2, -0.15) is 0 Å². The molecule has 1 amide bonds. The van der Waals surface area contributed by atoms with Gasteiger partial charge in [-0.1, -0.05) is 59.9 Å². The van der Waals surface area contributed by atoms with E-state index in [9.17, 15) is 4.79 Å². The number of anilines is 1. The largest absolute Gasteiger partial charge is 0.319 e. The van der Waals surface area contributed by atoms with Gasteiger partial charge in [0.2, 0.25) is 0 Å². The van der Waals surface area contributed by atoms with Crippen LogP contribution in [0.1, 0.15) is 15.4 Å². The highest BCUT2D eigenvalue weighted by molar-refractivity contribution is 7.19. The molecule has 0 aliphatic heterocycles. The summed E-state index contributed by atoms with van der Waals surface area (Å²) in [6.45, 7) is 1.94. The molecule has 5 aromatic rings. The summed E-state index contributed by atoms with van der Waals surface area (Å²) in [6, 6.07) is 19.7. The third-order valence-electron chi connectivity index (χ3n) is 4.71. The Bertz CT molecular complexity index is 1320.